The predicted octanol–water partition coefficient (Wildman–Crippen LogP) is 4.22. The minimum atomic E-state index is 0.105. The first-order valence-corrected chi connectivity index (χ1v) is 5.67. The van der Waals surface area contributed by atoms with E-state index in [-0.39, 0.29) is 17.1 Å². The Kier molecular flexibility index (Phi) is 2.56. The van der Waals surface area contributed by atoms with Gasteiger partial charge in [-0.1, -0.05) is 43.1 Å². The van der Waals surface area contributed by atoms with Gasteiger partial charge in [-0.25, -0.2) is 0 Å². The lowest BCUT2D eigenvalue weighted by molar-refractivity contribution is 0.0953. The van der Waals surface area contributed by atoms with Gasteiger partial charge in [-0.15, -0.1) is 0 Å². The molecule has 1 aromatic rings. The summed E-state index contributed by atoms with van der Waals surface area (Å²) in [7, 11) is 0. The van der Waals surface area contributed by atoms with Crippen molar-refractivity contribution in [2.24, 2.45) is 11.3 Å². The molecule has 1 atom stereocenters. The molecule has 2 rings (SSSR count). The van der Waals surface area contributed by atoms with Crippen LogP contribution in [-0.4, -0.2) is 5.78 Å². The maximum Gasteiger partial charge on any atom is 0.168 e. The van der Waals surface area contributed by atoms with Gasteiger partial charge in [0.1, 0.15) is 0 Å². The molecule has 0 aliphatic heterocycles. The lowest BCUT2D eigenvalue weighted by atomic mass is 10.0. The van der Waals surface area contributed by atoms with Crippen LogP contribution in [0.2, 0.25) is 10.0 Å². The van der Waals surface area contributed by atoms with Crippen LogP contribution in [0.1, 0.15) is 30.6 Å². The number of halogens is 2. The van der Waals surface area contributed by atoms with Gasteiger partial charge < -0.3 is 0 Å². The molecule has 3 heteroatoms. The first kappa shape index (κ1) is 11.0. The average Bonchev–Trinajstić information content (AvgIpc) is 2.79. The Morgan fingerprint density at radius 2 is 2.00 bits per heavy atom. The van der Waals surface area contributed by atoms with Crippen LogP contribution in [-0.2, 0) is 0 Å². The van der Waals surface area contributed by atoms with Crippen molar-refractivity contribution in [3.8, 4) is 0 Å². The van der Waals surface area contributed by atoms with E-state index in [4.69, 9.17) is 23.2 Å². The number of rotatable bonds is 2. The maximum atomic E-state index is 12.1. The van der Waals surface area contributed by atoms with Crippen LogP contribution in [0.25, 0.3) is 0 Å². The summed E-state index contributed by atoms with van der Waals surface area (Å²) in [4.78, 5) is 12.1. The molecule has 0 amide bonds. The van der Waals surface area contributed by atoms with Crippen molar-refractivity contribution < 1.29 is 4.79 Å². The quantitative estimate of drug-likeness (QED) is 0.710. The smallest absolute Gasteiger partial charge is 0.168 e. The summed E-state index contributed by atoms with van der Waals surface area (Å²) >= 11 is 11.9. The molecule has 1 fully saturated rings. The fourth-order valence-electron chi connectivity index (χ4n) is 1.80. The number of carbonyl (C=O) groups excluding carboxylic acids is 1. The number of hydrogen-bond donors (Lipinski definition) is 0. The predicted molar refractivity (Wildman–Crippen MR) is 62.7 cm³/mol. The molecular formula is C12H12Cl2O. The van der Waals surface area contributed by atoms with Gasteiger partial charge in [0.05, 0.1) is 10.0 Å². The summed E-state index contributed by atoms with van der Waals surface area (Å²) < 4.78 is 0. The van der Waals surface area contributed by atoms with Gasteiger partial charge in [-0.2, -0.15) is 0 Å². The van der Waals surface area contributed by atoms with E-state index >= 15 is 0 Å². The Hall–Kier alpha value is -0.530. The lowest BCUT2D eigenvalue weighted by Gasteiger charge is -2.06. The topological polar surface area (TPSA) is 17.1 Å². The number of benzene rings is 1. The van der Waals surface area contributed by atoms with Crippen molar-refractivity contribution in [3.05, 3.63) is 33.8 Å². The van der Waals surface area contributed by atoms with Crippen molar-refractivity contribution in [2.45, 2.75) is 20.3 Å². The first-order chi connectivity index (χ1) is 6.93. The van der Waals surface area contributed by atoms with Crippen LogP contribution < -0.4 is 0 Å². The van der Waals surface area contributed by atoms with E-state index in [1.807, 2.05) is 0 Å². The van der Waals surface area contributed by atoms with Crippen LogP contribution in [0.3, 0.4) is 0 Å². The largest absolute Gasteiger partial charge is 0.294 e. The number of hydrogen-bond acceptors (Lipinski definition) is 1. The Bertz CT molecular complexity index is 424. The summed E-state index contributed by atoms with van der Waals surface area (Å²) in [5.74, 6) is 0.223. The first-order valence-electron chi connectivity index (χ1n) is 4.92. The van der Waals surface area contributed by atoms with Crippen molar-refractivity contribution >= 4 is 29.0 Å². The summed E-state index contributed by atoms with van der Waals surface area (Å²) in [5.41, 5.74) is 0.683. The second-order valence-corrected chi connectivity index (χ2v) is 5.50. The molecule has 15 heavy (non-hydrogen) atoms. The van der Waals surface area contributed by atoms with Gasteiger partial charge in [0, 0.05) is 11.5 Å². The second kappa shape index (κ2) is 3.50. The zero-order valence-electron chi connectivity index (χ0n) is 8.68. The molecule has 1 aliphatic rings. The lowest BCUT2D eigenvalue weighted by Crippen LogP contribution is -2.07. The molecule has 0 spiro atoms. The zero-order valence-corrected chi connectivity index (χ0v) is 10.2. The molecule has 0 N–H and O–H groups in total. The van der Waals surface area contributed by atoms with Crippen molar-refractivity contribution in [3.63, 3.8) is 0 Å². The van der Waals surface area contributed by atoms with Crippen LogP contribution >= 0.6 is 23.2 Å². The average molecular weight is 243 g/mol. The molecule has 0 saturated heterocycles. The fourth-order valence-corrected chi connectivity index (χ4v) is 2.19. The third-order valence-electron chi connectivity index (χ3n) is 3.05. The Balaban J connectivity index is 2.31. The molecule has 1 unspecified atom stereocenters. The Labute approximate surface area is 99.4 Å². The SMILES string of the molecule is CC1(C)CC1C(=O)c1cccc(Cl)c1Cl. The highest BCUT2D eigenvalue weighted by molar-refractivity contribution is 6.44. The second-order valence-electron chi connectivity index (χ2n) is 4.71. The number of Topliss-reactive ketones (excluding diaryl/α,β-unsaturated/α-hetero) is 1. The van der Waals surface area contributed by atoms with Crippen LogP contribution in [0.15, 0.2) is 18.2 Å². The van der Waals surface area contributed by atoms with Crippen molar-refractivity contribution in [1.82, 2.24) is 0 Å². The molecule has 0 heterocycles. The fraction of sp³-hybridized carbons (Fsp3) is 0.417. The van der Waals surface area contributed by atoms with Crippen LogP contribution in [0.5, 0.6) is 0 Å². The highest BCUT2D eigenvalue weighted by atomic mass is 35.5. The van der Waals surface area contributed by atoms with Gasteiger partial charge >= 0.3 is 0 Å². The third-order valence-corrected chi connectivity index (χ3v) is 3.87. The normalized spacial score (nSPS) is 22.5. The van der Waals surface area contributed by atoms with E-state index in [9.17, 15) is 4.79 Å². The molecule has 0 radical (unpaired) electrons. The van der Waals surface area contributed by atoms with Gasteiger partial charge in [-0.05, 0) is 24.0 Å². The van der Waals surface area contributed by atoms with Crippen LogP contribution in [0, 0.1) is 11.3 Å². The highest BCUT2D eigenvalue weighted by Gasteiger charge is 2.50. The van der Waals surface area contributed by atoms with E-state index in [1.54, 1.807) is 18.2 Å². The van der Waals surface area contributed by atoms with Crippen molar-refractivity contribution in [2.75, 3.05) is 0 Å². The molecule has 1 nitrogen and oxygen atoms in total. The Morgan fingerprint density at radius 3 is 2.53 bits per heavy atom. The summed E-state index contributed by atoms with van der Waals surface area (Å²) in [6, 6.07) is 5.19. The minimum Gasteiger partial charge on any atom is -0.294 e. The van der Waals surface area contributed by atoms with Crippen molar-refractivity contribution in [1.29, 1.82) is 0 Å². The van der Waals surface area contributed by atoms with Gasteiger partial charge in [-0.3, -0.25) is 4.79 Å². The molecular weight excluding hydrogens is 231 g/mol. The number of carbonyl (C=O) groups is 1. The highest BCUT2D eigenvalue weighted by Crippen LogP contribution is 2.53. The molecule has 80 valence electrons. The van der Waals surface area contributed by atoms with Gasteiger partial charge in [0.15, 0.2) is 5.78 Å². The van der Waals surface area contributed by atoms with E-state index in [1.165, 1.54) is 0 Å². The van der Waals surface area contributed by atoms with Crippen LogP contribution in [0.4, 0.5) is 0 Å². The monoisotopic (exact) mass is 242 g/mol. The summed E-state index contributed by atoms with van der Waals surface area (Å²) in [5, 5.41) is 0.827. The molecule has 0 bridgehead atoms. The minimum absolute atomic E-state index is 0.105. The van der Waals surface area contributed by atoms with E-state index in [0.29, 0.717) is 15.6 Å². The summed E-state index contributed by atoms with van der Waals surface area (Å²) in [6.45, 7) is 4.18. The molecule has 1 aliphatic carbocycles. The third kappa shape index (κ3) is 1.91. The zero-order chi connectivity index (χ0) is 11.2. The number of ketones is 1. The molecule has 1 aromatic carbocycles. The van der Waals surface area contributed by atoms with E-state index < -0.39 is 0 Å². The summed E-state index contributed by atoms with van der Waals surface area (Å²) in [6.07, 6.45) is 0.939. The van der Waals surface area contributed by atoms with Gasteiger partial charge in [0.2, 0.25) is 0 Å². The Morgan fingerprint density at radius 1 is 1.40 bits per heavy atom. The van der Waals surface area contributed by atoms with E-state index in [2.05, 4.69) is 13.8 Å². The van der Waals surface area contributed by atoms with E-state index in [0.717, 1.165) is 6.42 Å². The molecule has 1 saturated carbocycles. The standard InChI is InChI=1S/C12H12Cl2O/c1-12(2)6-8(12)11(15)7-4-3-5-9(13)10(7)14/h3-5,8H,6H2,1-2H3. The van der Waals surface area contributed by atoms with Gasteiger partial charge in [0.25, 0.3) is 0 Å². The maximum absolute atomic E-state index is 12.1. The molecule has 0 aromatic heterocycles.